The second kappa shape index (κ2) is 2.06. The van der Waals surface area contributed by atoms with Gasteiger partial charge in [-0.1, -0.05) is 0 Å². The van der Waals surface area contributed by atoms with E-state index in [9.17, 15) is 14.4 Å². The predicted octanol–water partition coefficient (Wildman–Crippen LogP) is -0.542. The van der Waals surface area contributed by atoms with Gasteiger partial charge in [0.1, 0.15) is 0 Å². The van der Waals surface area contributed by atoms with Crippen LogP contribution in [-0.2, 0) is 14.4 Å². The van der Waals surface area contributed by atoms with Crippen LogP contribution in [0.15, 0.2) is 12.3 Å². The van der Waals surface area contributed by atoms with Gasteiger partial charge in [0.15, 0.2) is 0 Å². The van der Waals surface area contributed by atoms with Gasteiger partial charge in [-0.05, 0) is 0 Å². The summed E-state index contributed by atoms with van der Waals surface area (Å²) in [7, 11) is 0. The van der Waals surface area contributed by atoms with Gasteiger partial charge >= 0.3 is 5.91 Å². The minimum atomic E-state index is -0.771. The Kier molecular flexibility index (Phi) is 1.37. The fourth-order valence-corrected chi connectivity index (χ4v) is 0.648. The van der Waals surface area contributed by atoms with Gasteiger partial charge in [0.25, 0.3) is 0 Å². The highest BCUT2D eigenvalue weighted by Crippen LogP contribution is 2.02. The molecule has 1 heterocycles. The SMILES string of the molecule is CC(=O)N1C=CC(=O)C1=O. The zero-order valence-corrected chi connectivity index (χ0v) is 5.33. The first kappa shape index (κ1) is 6.67. The van der Waals surface area contributed by atoms with Crippen LogP contribution < -0.4 is 0 Å². The van der Waals surface area contributed by atoms with Crippen LogP contribution in [0.2, 0.25) is 0 Å². The third kappa shape index (κ3) is 0.834. The van der Waals surface area contributed by atoms with Crippen molar-refractivity contribution in [1.29, 1.82) is 0 Å². The minimum Gasteiger partial charge on any atom is -0.284 e. The van der Waals surface area contributed by atoms with Crippen molar-refractivity contribution in [3.05, 3.63) is 12.3 Å². The van der Waals surface area contributed by atoms with E-state index in [1.165, 1.54) is 13.1 Å². The average molecular weight is 139 g/mol. The predicted molar refractivity (Wildman–Crippen MR) is 31.7 cm³/mol. The standard InChI is InChI=1S/C6H5NO3/c1-4(8)7-3-2-5(9)6(7)10/h2-3H,1H3. The lowest BCUT2D eigenvalue weighted by Crippen LogP contribution is -2.29. The molecule has 2 amide bonds. The monoisotopic (exact) mass is 139 g/mol. The summed E-state index contributed by atoms with van der Waals surface area (Å²) in [5, 5.41) is 0. The lowest BCUT2D eigenvalue weighted by molar-refractivity contribution is -0.145. The van der Waals surface area contributed by atoms with Crippen LogP contribution in [0.5, 0.6) is 0 Å². The molecule has 1 rings (SSSR count). The molecule has 0 N–H and O–H groups in total. The fraction of sp³-hybridized carbons (Fsp3) is 0.167. The Morgan fingerprint density at radius 2 is 2.10 bits per heavy atom. The first-order chi connectivity index (χ1) is 4.63. The highest BCUT2D eigenvalue weighted by Gasteiger charge is 2.26. The molecule has 0 radical (unpaired) electrons. The molecule has 0 aromatic rings. The molecule has 4 heteroatoms. The summed E-state index contributed by atoms with van der Waals surface area (Å²) in [6.45, 7) is 1.22. The number of hydrogen-bond acceptors (Lipinski definition) is 3. The molecule has 52 valence electrons. The Morgan fingerprint density at radius 1 is 1.50 bits per heavy atom. The van der Waals surface area contributed by atoms with Gasteiger partial charge in [-0.2, -0.15) is 0 Å². The summed E-state index contributed by atoms with van der Waals surface area (Å²) in [5.74, 6) is -1.85. The van der Waals surface area contributed by atoms with E-state index in [1.54, 1.807) is 0 Å². The van der Waals surface area contributed by atoms with Gasteiger partial charge in [0.05, 0.1) is 0 Å². The van der Waals surface area contributed by atoms with E-state index in [4.69, 9.17) is 0 Å². The Bertz CT molecular complexity index is 241. The molecule has 0 fully saturated rings. The first-order valence-corrected chi connectivity index (χ1v) is 2.69. The summed E-state index contributed by atoms with van der Waals surface area (Å²) in [6, 6.07) is 0. The Morgan fingerprint density at radius 3 is 2.30 bits per heavy atom. The van der Waals surface area contributed by atoms with E-state index < -0.39 is 17.6 Å². The molecular weight excluding hydrogens is 134 g/mol. The van der Waals surface area contributed by atoms with Gasteiger partial charge < -0.3 is 0 Å². The van der Waals surface area contributed by atoms with Crippen molar-refractivity contribution < 1.29 is 14.4 Å². The summed E-state index contributed by atoms with van der Waals surface area (Å²) >= 11 is 0. The molecule has 0 spiro atoms. The van der Waals surface area contributed by atoms with Crippen LogP contribution in [-0.4, -0.2) is 22.5 Å². The minimum absolute atomic E-state index is 0.438. The summed E-state index contributed by atoms with van der Waals surface area (Å²) in [5.41, 5.74) is 0. The first-order valence-electron chi connectivity index (χ1n) is 2.69. The van der Waals surface area contributed by atoms with Crippen LogP contribution in [0.4, 0.5) is 0 Å². The smallest absolute Gasteiger partial charge is 0.284 e. The van der Waals surface area contributed by atoms with Crippen LogP contribution in [0.1, 0.15) is 6.92 Å². The van der Waals surface area contributed by atoms with E-state index in [0.717, 1.165) is 11.0 Å². The molecule has 0 unspecified atom stereocenters. The van der Waals surface area contributed by atoms with Crippen molar-refractivity contribution in [3.63, 3.8) is 0 Å². The van der Waals surface area contributed by atoms with Crippen LogP contribution in [0.25, 0.3) is 0 Å². The van der Waals surface area contributed by atoms with E-state index >= 15 is 0 Å². The molecular formula is C6H5NO3. The normalized spacial score (nSPS) is 16.7. The zero-order valence-electron chi connectivity index (χ0n) is 5.33. The third-order valence-electron chi connectivity index (χ3n) is 1.14. The lowest BCUT2D eigenvalue weighted by Gasteiger charge is -2.04. The Labute approximate surface area is 57.1 Å². The van der Waals surface area contributed by atoms with Crippen LogP contribution in [0.3, 0.4) is 0 Å². The number of hydrogen-bond donors (Lipinski definition) is 0. The summed E-state index contributed by atoms with van der Waals surface area (Å²) < 4.78 is 0. The Hall–Kier alpha value is -1.45. The van der Waals surface area contributed by atoms with Crippen LogP contribution >= 0.6 is 0 Å². The maximum atomic E-state index is 10.6. The average Bonchev–Trinajstić information content (AvgIpc) is 2.14. The molecule has 0 aromatic heterocycles. The number of rotatable bonds is 0. The van der Waals surface area contributed by atoms with Gasteiger partial charge in [-0.15, -0.1) is 0 Å². The summed E-state index contributed by atoms with van der Waals surface area (Å²) in [4.78, 5) is 32.4. The number of imide groups is 1. The number of carbonyl (C=O) groups excluding carboxylic acids is 3. The van der Waals surface area contributed by atoms with Gasteiger partial charge in [-0.25, -0.2) is 0 Å². The zero-order chi connectivity index (χ0) is 7.72. The largest absolute Gasteiger partial charge is 0.305 e. The molecule has 0 saturated heterocycles. The van der Waals surface area contributed by atoms with Gasteiger partial charge in [0.2, 0.25) is 11.7 Å². The quantitative estimate of drug-likeness (QED) is 0.423. The van der Waals surface area contributed by atoms with Crippen molar-refractivity contribution in [1.82, 2.24) is 4.90 Å². The molecule has 4 nitrogen and oxygen atoms in total. The molecule has 10 heavy (non-hydrogen) atoms. The van der Waals surface area contributed by atoms with Crippen molar-refractivity contribution in [2.24, 2.45) is 0 Å². The number of nitrogens with zero attached hydrogens (tertiary/aromatic N) is 1. The Balaban J connectivity index is 2.86. The molecule has 0 bridgehead atoms. The lowest BCUT2D eigenvalue weighted by atomic mass is 10.4. The van der Waals surface area contributed by atoms with E-state index in [-0.39, 0.29) is 0 Å². The molecule has 0 saturated carbocycles. The van der Waals surface area contributed by atoms with Crippen molar-refractivity contribution >= 4 is 17.6 Å². The topological polar surface area (TPSA) is 54.5 Å². The highest BCUT2D eigenvalue weighted by molar-refractivity contribution is 6.45. The van der Waals surface area contributed by atoms with Crippen molar-refractivity contribution in [2.75, 3.05) is 0 Å². The molecule has 0 aliphatic carbocycles. The second-order valence-corrected chi connectivity index (χ2v) is 1.87. The molecule has 1 aliphatic heterocycles. The second-order valence-electron chi connectivity index (χ2n) is 1.87. The number of carbonyl (C=O) groups is 3. The van der Waals surface area contributed by atoms with Crippen molar-refractivity contribution in [3.8, 4) is 0 Å². The summed E-state index contributed by atoms with van der Waals surface area (Å²) in [6.07, 6.45) is 2.25. The van der Waals surface area contributed by atoms with Crippen LogP contribution in [0, 0.1) is 0 Å². The van der Waals surface area contributed by atoms with Crippen molar-refractivity contribution in [2.45, 2.75) is 6.92 Å². The number of amides is 2. The number of ketones is 1. The van der Waals surface area contributed by atoms with Gasteiger partial charge in [0, 0.05) is 19.2 Å². The maximum absolute atomic E-state index is 10.6. The maximum Gasteiger partial charge on any atom is 0.305 e. The molecule has 0 aromatic carbocycles. The highest BCUT2D eigenvalue weighted by atomic mass is 16.2. The molecule has 1 aliphatic rings. The van der Waals surface area contributed by atoms with Gasteiger partial charge in [-0.3, -0.25) is 19.3 Å². The fourth-order valence-electron chi connectivity index (χ4n) is 0.648. The van der Waals surface area contributed by atoms with E-state index in [1.807, 2.05) is 0 Å². The molecule has 0 atom stereocenters. The van der Waals surface area contributed by atoms with E-state index in [2.05, 4.69) is 0 Å². The third-order valence-corrected chi connectivity index (χ3v) is 1.14. The van der Waals surface area contributed by atoms with E-state index in [0.29, 0.717) is 0 Å².